The number of aryl methyl sites for hydroxylation is 1. The highest BCUT2D eigenvalue weighted by atomic mass is 35.5. The van der Waals surface area contributed by atoms with Crippen molar-refractivity contribution in [2.75, 3.05) is 23.0 Å². The van der Waals surface area contributed by atoms with Gasteiger partial charge in [-0.1, -0.05) is 41.9 Å². The lowest BCUT2D eigenvalue weighted by Crippen LogP contribution is -2.43. The topological polar surface area (TPSA) is 93.9 Å². The molecule has 0 radical (unpaired) electrons. The molecule has 1 saturated heterocycles. The molecule has 31 heavy (non-hydrogen) atoms. The second-order valence-corrected chi connectivity index (χ2v) is 10.0. The van der Waals surface area contributed by atoms with Crippen molar-refractivity contribution in [2.24, 2.45) is 0 Å². The number of nitrogens with zero attached hydrogens (tertiary/aromatic N) is 1. The molecule has 3 aromatic rings. The van der Waals surface area contributed by atoms with Crippen molar-refractivity contribution in [2.45, 2.75) is 19.4 Å². The van der Waals surface area contributed by atoms with Gasteiger partial charge in [-0.05, 0) is 31.5 Å². The zero-order valence-electron chi connectivity index (χ0n) is 16.7. The number of carbonyl (C=O) groups excluding carboxylic acids is 2. The van der Waals surface area contributed by atoms with E-state index in [0.29, 0.717) is 33.7 Å². The number of benzene rings is 2. The normalized spacial score (nSPS) is 17.5. The van der Waals surface area contributed by atoms with Crippen molar-refractivity contribution in [1.82, 2.24) is 0 Å². The SMILES string of the molecule is Cc1c(C(=O)OCC(=O)N(c2ccccc2)[C@H]2CCS(=O)(=O)C2)oc2c(Cl)cccc12. The number of furan rings is 1. The van der Waals surface area contributed by atoms with Crippen LogP contribution in [0.4, 0.5) is 5.69 Å². The Balaban J connectivity index is 1.54. The minimum Gasteiger partial charge on any atom is -0.450 e. The lowest BCUT2D eigenvalue weighted by Gasteiger charge is -2.28. The summed E-state index contributed by atoms with van der Waals surface area (Å²) in [6, 6.07) is 13.4. The summed E-state index contributed by atoms with van der Waals surface area (Å²) >= 11 is 6.12. The molecule has 0 spiro atoms. The van der Waals surface area contributed by atoms with E-state index in [1.165, 1.54) is 4.90 Å². The lowest BCUT2D eigenvalue weighted by molar-refractivity contribution is -0.122. The highest BCUT2D eigenvalue weighted by Gasteiger charge is 2.36. The summed E-state index contributed by atoms with van der Waals surface area (Å²) < 4.78 is 34.7. The molecule has 4 rings (SSSR count). The molecule has 1 atom stereocenters. The van der Waals surface area contributed by atoms with Crippen molar-refractivity contribution >= 4 is 50.0 Å². The van der Waals surface area contributed by atoms with Crippen LogP contribution in [0, 0.1) is 6.92 Å². The number of para-hydroxylation sites is 2. The van der Waals surface area contributed by atoms with E-state index in [-0.39, 0.29) is 17.3 Å². The van der Waals surface area contributed by atoms with Crippen LogP contribution in [0.1, 0.15) is 22.5 Å². The second kappa shape index (κ2) is 8.36. The fourth-order valence-electron chi connectivity index (χ4n) is 3.79. The molecular weight excluding hydrogens is 442 g/mol. The Morgan fingerprint density at radius 3 is 2.55 bits per heavy atom. The first-order valence-corrected chi connectivity index (χ1v) is 11.9. The maximum absolute atomic E-state index is 13.0. The third-order valence-electron chi connectivity index (χ3n) is 5.30. The van der Waals surface area contributed by atoms with Crippen molar-refractivity contribution in [3.05, 3.63) is 64.9 Å². The molecule has 162 valence electrons. The van der Waals surface area contributed by atoms with Gasteiger partial charge in [-0.15, -0.1) is 0 Å². The first-order valence-electron chi connectivity index (χ1n) is 9.69. The summed E-state index contributed by atoms with van der Waals surface area (Å²) in [5.74, 6) is -1.42. The molecule has 1 fully saturated rings. The standard InChI is InChI=1S/C22H20ClNO6S/c1-14-17-8-5-9-18(23)21(17)30-20(14)22(26)29-12-19(25)24(15-6-3-2-4-7-15)16-10-11-31(27,28)13-16/h2-9,16H,10-13H2,1H3/t16-/m0/s1. The Morgan fingerprint density at radius 1 is 1.16 bits per heavy atom. The van der Waals surface area contributed by atoms with Gasteiger partial charge in [-0.25, -0.2) is 13.2 Å². The van der Waals surface area contributed by atoms with Crippen LogP contribution in [0.25, 0.3) is 11.0 Å². The molecule has 9 heteroatoms. The summed E-state index contributed by atoms with van der Waals surface area (Å²) in [6.45, 7) is 1.16. The Kier molecular flexibility index (Phi) is 5.77. The maximum Gasteiger partial charge on any atom is 0.375 e. The molecule has 2 heterocycles. The molecule has 0 saturated carbocycles. The zero-order valence-corrected chi connectivity index (χ0v) is 18.3. The number of hydrogen-bond acceptors (Lipinski definition) is 6. The summed E-state index contributed by atoms with van der Waals surface area (Å²) in [5, 5.41) is 1.06. The lowest BCUT2D eigenvalue weighted by atomic mass is 10.1. The van der Waals surface area contributed by atoms with E-state index in [1.54, 1.807) is 55.5 Å². The van der Waals surface area contributed by atoms with Gasteiger partial charge >= 0.3 is 5.97 Å². The maximum atomic E-state index is 13.0. The molecule has 1 aromatic heterocycles. The van der Waals surface area contributed by atoms with Gasteiger partial charge in [0, 0.05) is 16.6 Å². The van der Waals surface area contributed by atoms with Crippen molar-refractivity contribution < 1.29 is 27.2 Å². The third-order valence-corrected chi connectivity index (χ3v) is 7.35. The van der Waals surface area contributed by atoms with Crippen LogP contribution in [0.3, 0.4) is 0 Å². The summed E-state index contributed by atoms with van der Waals surface area (Å²) in [7, 11) is -3.21. The van der Waals surface area contributed by atoms with Gasteiger partial charge in [0.25, 0.3) is 5.91 Å². The van der Waals surface area contributed by atoms with E-state index >= 15 is 0 Å². The molecule has 0 aliphatic carbocycles. The van der Waals surface area contributed by atoms with Crippen LogP contribution >= 0.6 is 11.6 Å². The molecule has 7 nitrogen and oxygen atoms in total. The summed E-state index contributed by atoms with van der Waals surface area (Å²) in [6.07, 6.45) is 0.331. The number of ether oxygens (including phenoxy) is 1. The highest BCUT2D eigenvalue weighted by molar-refractivity contribution is 7.91. The molecule has 1 aliphatic rings. The number of rotatable bonds is 5. The van der Waals surface area contributed by atoms with Crippen LogP contribution in [0.15, 0.2) is 52.9 Å². The number of amides is 1. The first-order chi connectivity index (χ1) is 14.8. The van der Waals surface area contributed by atoms with E-state index in [1.807, 2.05) is 0 Å². The quantitative estimate of drug-likeness (QED) is 0.537. The van der Waals surface area contributed by atoms with Gasteiger partial charge in [0.15, 0.2) is 22.0 Å². The number of carbonyl (C=O) groups is 2. The number of hydrogen-bond donors (Lipinski definition) is 0. The molecule has 1 aliphatic heterocycles. The van der Waals surface area contributed by atoms with E-state index in [4.69, 9.17) is 20.8 Å². The highest BCUT2D eigenvalue weighted by Crippen LogP contribution is 2.31. The Morgan fingerprint density at radius 2 is 1.90 bits per heavy atom. The number of fused-ring (bicyclic) bond motifs is 1. The number of sulfone groups is 1. The number of halogens is 1. The van der Waals surface area contributed by atoms with E-state index in [2.05, 4.69) is 0 Å². The second-order valence-electron chi connectivity index (χ2n) is 7.40. The monoisotopic (exact) mass is 461 g/mol. The average Bonchev–Trinajstić information content (AvgIpc) is 3.27. The predicted molar refractivity (Wildman–Crippen MR) is 117 cm³/mol. The van der Waals surface area contributed by atoms with Gasteiger partial charge in [0.1, 0.15) is 0 Å². The molecule has 2 aromatic carbocycles. The molecular formula is C22H20ClNO6S. The largest absolute Gasteiger partial charge is 0.450 e. The Hall–Kier alpha value is -2.84. The molecule has 0 bridgehead atoms. The predicted octanol–water partition coefficient (Wildman–Crippen LogP) is 3.77. The van der Waals surface area contributed by atoms with Gasteiger partial charge in [-0.2, -0.15) is 0 Å². The van der Waals surface area contributed by atoms with Crippen LogP contribution in [0.2, 0.25) is 5.02 Å². The first kappa shape index (κ1) is 21.4. The van der Waals surface area contributed by atoms with Gasteiger partial charge in [-0.3, -0.25) is 4.79 Å². The van der Waals surface area contributed by atoms with Crippen LogP contribution < -0.4 is 4.90 Å². The minimum absolute atomic E-state index is 0.0208. The van der Waals surface area contributed by atoms with Crippen LogP contribution in [-0.4, -0.2) is 44.4 Å². The number of anilines is 1. The van der Waals surface area contributed by atoms with E-state index < -0.39 is 34.4 Å². The molecule has 0 unspecified atom stereocenters. The fourth-order valence-corrected chi connectivity index (χ4v) is 5.70. The van der Waals surface area contributed by atoms with E-state index in [0.717, 1.165) is 0 Å². The van der Waals surface area contributed by atoms with Crippen molar-refractivity contribution in [3.8, 4) is 0 Å². The average molecular weight is 462 g/mol. The Bertz CT molecular complexity index is 1250. The van der Waals surface area contributed by atoms with Crippen molar-refractivity contribution in [1.29, 1.82) is 0 Å². The van der Waals surface area contributed by atoms with Crippen molar-refractivity contribution in [3.63, 3.8) is 0 Å². The smallest absolute Gasteiger partial charge is 0.375 e. The number of esters is 1. The van der Waals surface area contributed by atoms with Gasteiger partial charge in [0.05, 0.1) is 22.6 Å². The third kappa shape index (κ3) is 4.31. The van der Waals surface area contributed by atoms with Gasteiger partial charge in [0.2, 0.25) is 5.76 Å². The van der Waals surface area contributed by atoms with Gasteiger partial charge < -0.3 is 14.1 Å². The summed E-state index contributed by atoms with van der Waals surface area (Å²) in [5.41, 5.74) is 1.50. The zero-order chi connectivity index (χ0) is 22.2. The molecule has 0 N–H and O–H groups in total. The Labute approximate surface area is 184 Å². The van der Waals surface area contributed by atoms with E-state index in [9.17, 15) is 18.0 Å². The summed E-state index contributed by atoms with van der Waals surface area (Å²) in [4.78, 5) is 27.0. The van der Waals surface area contributed by atoms with Crippen LogP contribution in [-0.2, 0) is 19.4 Å². The molecule has 1 amide bonds. The van der Waals surface area contributed by atoms with Crippen LogP contribution in [0.5, 0.6) is 0 Å². The minimum atomic E-state index is -3.21. The fraction of sp³-hybridized carbons (Fsp3) is 0.273.